The summed E-state index contributed by atoms with van der Waals surface area (Å²) in [6.45, 7) is 7.69. The van der Waals surface area contributed by atoms with Crippen LogP contribution in [0.4, 0.5) is 0 Å². The molecular formula is C12H21IO3. The van der Waals surface area contributed by atoms with Crippen molar-refractivity contribution in [3.8, 4) is 0 Å². The SMILES string of the molecule is CC(C)C(=O)C(=O)CCCC(OI)C(C)C. The van der Waals surface area contributed by atoms with Gasteiger partial charge in [-0.2, -0.15) is 0 Å². The van der Waals surface area contributed by atoms with Crippen LogP contribution >= 0.6 is 23.0 Å². The van der Waals surface area contributed by atoms with Crippen molar-refractivity contribution in [2.45, 2.75) is 53.1 Å². The zero-order valence-electron chi connectivity index (χ0n) is 10.5. The second-order valence-corrected chi connectivity index (χ2v) is 5.21. The molecule has 16 heavy (non-hydrogen) atoms. The Morgan fingerprint density at radius 3 is 2.12 bits per heavy atom. The first-order valence-corrected chi connectivity index (χ1v) is 6.62. The Kier molecular flexibility index (Phi) is 8.18. The molecule has 0 aliphatic carbocycles. The summed E-state index contributed by atoms with van der Waals surface area (Å²) in [6.07, 6.45) is 2.07. The maximum absolute atomic E-state index is 11.4. The van der Waals surface area contributed by atoms with E-state index in [0.29, 0.717) is 12.3 Å². The fourth-order valence-electron chi connectivity index (χ4n) is 1.39. The van der Waals surface area contributed by atoms with Crippen LogP contribution in [0.2, 0.25) is 0 Å². The van der Waals surface area contributed by atoms with E-state index in [1.807, 2.05) is 23.0 Å². The average Bonchev–Trinajstić information content (AvgIpc) is 2.22. The van der Waals surface area contributed by atoms with Gasteiger partial charge < -0.3 is 3.07 Å². The zero-order chi connectivity index (χ0) is 12.7. The van der Waals surface area contributed by atoms with Gasteiger partial charge in [-0.1, -0.05) is 27.7 Å². The van der Waals surface area contributed by atoms with E-state index in [2.05, 4.69) is 13.8 Å². The van der Waals surface area contributed by atoms with Gasteiger partial charge in [0.25, 0.3) is 0 Å². The number of hydrogen-bond donors (Lipinski definition) is 0. The van der Waals surface area contributed by atoms with Crippen LogP contribution in [0.1, 0.15) is 47.0 Å². The van der Waals surface area contributed by atoms with Crippen LogP contribution in [0, 0.1) is 11.8 Å². The largest absolute Gasteiger partial charge is 0.312 e. The van der Waals surface area contributed by atoms with Gasteiger partial charge in [0.05, 0.1) is 6.10 Å². The molecule has 0 spiro atoms. The Labute approximate surface area is 112 Å². The molecule has 0 saturated heterocycles. The Morgan fingerprint density at radius 1 is 1.19 bits per heavy atom. The summed E-state index contributed by atoms with van der Waals surface area (Å²) in [6, 6.07) is 0. The first-order valence-electron chi connectivity index (χ1n) is 5.74. The van der Waals surface area contributed by atoms with E-state index >= 15 is 0 Å². The van der Waals surface area contributed by atoms with Crippen molar-refractivity contribution in [1.82, 2.24) is 0 Å². The Morgan fingerprint density at radius 2 is 1.75 bits per heavy atom. The molecule has 4 heteroatoms. The maximum atomic E-state index is 11.4. The lowest BCUT2D eigenvalue weighted by molar-refractivity contribution is -0.138. The third-order valence-corrected chi connectivity index (χ3v) is 3.20. The summed E-state index contributed by atoms with van der Waals surface area (Å²) in [5.41, 5.74) is 0. The van der Waals surface area contributed by atoms with Crippen LogP contribution < -0.4 is 0 Å². The molecule has 0 radical (unpaired) electrons. The summed E-state index contributed by atoms with van der Waals surface area (Å²) >= 11 is 1.89. The minimum atomic E-state index is -0.253. The van der Waals surface area contributed by atoms with Crippen LogP contribution in [0.25, 0.3) is 0 Å². The topological polar surface area (TPSA) is 43.4 Å². The van der Waals surface area contributed by atoms with Crippen molar-refractivity contribution < 1.29 is 12.7 Å². The minimum absolute atomic E-state index is 0.169. The maximum Gasteiger partial charge on any atom is 0.200 e. The fourth-order valence-corrected chi connectivity index (χ4v) is 2.23. The molecule has 94 valence electrons. The van der Waals surface area contributed by atoms with E-state index in [-0.39, 0.29) is 23.6 Å². The zero-order valence-corrected chi connectivity index (χ0v) is 12.6. The van der Waals surface area contributed by atoms with Crippen molar-refractivity contribution in [3.05, 3.63) is 0 Å². The predicted octanol–water partition coefficient (Wildman–Crippen LogP) is 3.34. The predicted molar refractivity (Wildman–Crippen MR) is 72.4 cm³/mol. The van der Waals surface area contributed by atoms with Gasteiger partial charge in [-0.05, 0) is 18.8 Å². The molecule has 0 aromatic carbocycles. The summed E-state index contributed by atoms with van der Waals surface area (Å²) in [7, 11) is 0. The molecule has 0 aliphatic heterocycles. The highest BCUT2D eigenvalue weighted by molar-refractivity contribution is 14.1. The summed E-state index contributed by atoms with van der Waals surface area (Å²) in [5, 5.41) is 0. The highest BCUT2D eigenvalue weighted by atomic mass is 127. The number of Topliss-reactive ketones (excluding diaryl/α,β-unsaturated/α-hetero) is 2. The normalized spacial score (nSPS) is 13.2. The van der Waals surface area contributed by atoms with E-state index in [1.54, 1.807) is 13.8 Å². The number of halogens is 1. The molecule has 0 bridgehead atoms. The summed E-state index contributed by atoms with van der Waals surface area (Å²) < 4.78 is 5.28. The van der Waals surface area contributed by atoms with Crippen molar-refractivity contribution in [2.24, 2.45) is 11.8 Å². The average molecular weight is 340 g/mol. The molecule has 0 fully saturated rings. The Balaban J connectivity index is 3.90. The van der Waals surface area contributed by atoms with Gasteiger partial charge in [-0.15, -0.1) is 0 Å². The van der Waals surface area contributed by atoms with Crippen molar-refractivity contribution >= 4 is 34.6 Å². The molecule has 0 rings (SSSR count). The van der Waals surface area contributed by atoms with E-state index < -0.39 is 0 Å². The molecule has 1 atom stereocenters. The van der Waals surface area contributed by atoms with Gasteiger partial charge in [-0.25, -0.2) is 0 Å². The smallest absolute Gasteiger partial charge is 0.200 e. The first-order chi connectivity index (χ1) is 7.40. The van der Waals surface area contributed by atoms with Crippen LogP contribution in [0.5, 0.6) is 0 Å². The number of carbonyl (C=O) groups excluding carboxylic acids is 2. The van der Waals surface area contributed by atoms with Gasteiger partial charge in [-0.3, -0.25) is 9.59 Å². The third-order valence-electron chi connectivity index (χ3n) is 2.55. The summed E-state index contributed by atoms with van der Waals surface area (Å²) in [4.78, 5) is 22.8. The first kappa shape index (κ1) is 16.0. The lowest BCUT2D eigenvalue weighted by atomic mass is 9.97. The van der Waals surface area contributed by atoms with E-state index in [0.717, 1.165) is 12.8 Å². The monoisotopic (exact) mass is 340 g/mol. The van der Waals surface area contributed by atoms with E-state index in [9.17, 15) is 9.59 Å². The van der Waals surface area contributed by atoms with Crippen LogP contribution in [0.15, 0.2) is 0 Å². The second-order valence-electron chi connectivity index (χ2n) is 4.71. The quantitative estimate of drug-likeness (QED) is 0.503. The van der Waals surface area contributed by atoms with E-state index in [4.69, 9.17) is 3.07 Å². The third kappa shape index (κ3) is 5.94. The number of hydrogen-bond acceptors (Lipinski definition) is 3. The molecule has 0 aliphatic rings. The van der Waals surface area contributed by atoms with Gasteiger partial charge in [0.15, 0.2) is 5.78 Å². The van der Waals surface area contributed by atoms with E-state index in [1.165, 1.54) is 0 Å². The number of carbonyl (C=O) groups is 2. The van der Waals surface area contributed by atoms with Gasteiger partial charge in [0.2, 0.25) is 5.78 Å². The lowest BCUT2D eigenvalue weighted by Crippen LogP contribution is -2.21. The van der Waals surface area contributed by atoms with Crippen molar-refractivity contribution in [2.75, 3.05) is 0 Å². The van der Waals surface area contributed by atoms with Crippen LogP contribution in [0.3, 0.4) is 0 Å². The number of rotatable bonds is 8. The highest BCUT2D eigenvalue weighted by Gasteiger charge is 2.18. The molecule has 0 N–H and O–H groups in total. The number of ketones is 2. The Bertz CT molecular complexity index is 236. The van der Waals surface area contributed by atoms with Gasteiger partial charge in [0.1, 0.15) is 23.0 Å². The molecule has 0 saturated carbocycles. The Hall–Kier alpha value is 0.0300. The molecule has 0 heterocycles. The standard InChI is InChI=1S/C12H21IO3/c1-8(2)11(16-13)7-5-6-10(14)12(15)9(3)4/h8-9,11H,5-7H2,1-4H3. The molecule has 1 unspecified atom stereocenters. The van der Waals surface area contributed by atoms with Gasteiger partial charge in [0, 0.05) is 12.3 Å². The van der Waals surface area contributed by atoms with Crippen LogP contribution in [-0.4, -0.2) is 17.7 Å². The molecule has 0 aromatic rings. The molecule has 0 aromatic heterocycles. The lowest BCUT2D eigenvalue weighted by Gasteiger charge is -2.16. The minimum Gasteiger partial charge on any atom is -0.312 e. The second kappa shape index (κ2) is 8.17. The summed E-state index contributed by atoms with van der Waals surface area (Å²) in [5.74, 6) is -0.246. The van der Waals surface area contributed by atoms with Gasteiger partial charge >= 0.3 is 0 Å². The van der Waals surface area contributed by atoms with Crippen LogP contribution in [-0.2, 0) is 12.7 Å². The molecular weight excluding hydrogens is 319 g/mol. The molecule has 3 nitrogen and oxygen atoms in total. The van der Waals surface area contributed by atoms with Crippen molar-refractivity contribution in [3.63, 3.8) is 0 Å². The fraction of sp³-hybridized carbons (Fsp3) is 0.833. The van der Waals surface area contributed by atoms with Crippen molar-refractivity contribution in [1.29, 1.82) is 0 Å². The highest BCUT2D eigenvalue weighted by Crippen LogP contribution is 2.17. The molecule has 0 amide bonds.